The number of nitrogens with two attached hydrogens (primary N) is 1. The Morgan fingerprint density at radius 2 is 2.33 bits per heavy atom. The number of ether oxygens (including phenoxy) is 2. The zero-order valence-corrected chi connectivity index (χ0v) is 8.07. The molecule has 0 amide bonds. The molecule has 0 saturated heterocycles. The predicted molar refractivity (Wildman–Crippen MR) is 50.7 cm³/mol. The van der Waals surface area contributed by atoms with E-state index in [4.69, 9.17) is 20.3 Å². The van der Waals surface area contributed by atoms with Crippen molar-refractivity contribution in [2.45, 2.75) is 12.6 Å². The van der Waals surface area contributed by atoms with Gasteiger partial charge in [0.1, 0.15) is 11.6 Å². The van der Waals surface area contributed by atoms with E-state index in [2.05, 4.69) is 0 Å². The highest BCUT2D eigenvalue weighted by molar-refractivity contribution is 5.43. The number of aliphatic hydroxyl groups excluding tert-OH is 1. The lowest BCUT2D eigenvalue weighted by Gasteiger charge is -2.22. The molecule has 0 aliphatic carbocycles. The Kier molecular flexibility index (Phi) is 2.86. The van der Waals surface area contributed by atoms with Crippen LogP contribution in [0.25, 0.3) is 0 Å². The lowest BCUT2D eigenvalue weighted by atomic mass is 10.00. The van der Waals surface area contributed by atoms with Gasteiger partial charge in [-0.3, -0.25) is 0 Å². The minimum Gasteiger partial charge on any atom is -0.467 e. The SMILES string of the molecule is NC(CO)c1c(F)ccc2c1COCO2. The Morgan fingerprint density at radius 1 is 1.53 bits per heavy atom. The average Bonchev–Trinajstić information content (AvgIpc) is 2.28. The van der Waals surface area contributed by atoms with E-state index in [1.807, 2.05) is 0 Å². The van der Waals surface area contributed by atoms with Crippen molar-refractivity contribution < 1.29 is 19.0 Å². The van der Waals surface area contributed by atoms with Crippen LogP contribution < -0.4 is 10.5 Å². The third-order valence-electron chi connectivity index (χ3n) is 2.37. The minimum atomic E-state index is -0.745. The molecule has 1 aromatic carbocycles. The van der Waals surface area contributed by atoms with Gasteiger partial charge in [-0.05, 0) is 12.1 Å². The summed E-state index contributed by atoms with van der Waals surface area (Å²) in [5.74, 6) is 0.131. The molecular weight excluding hydrogens is 201 g/mol. The maximum Gasteiger partial charge on any atom is 0.189 e. The number of rotatable bonds is 2. The van der Waals surface area contributed by atoms with Crippen molar-refractivity contribution in [1.29, 1.82) is 0 Å². The van der Waals surface area contributed by atoms with Crippen LogP contribution in [0.3, 0.4) is 0 Å². The van der Waals surface area contributed by atoms with E-state index in [1.165, 1.54) is 6.07 Å². The Bertz CT molecular complexity index is 370. The van der Waals surface area contributed by atoms with Gasteiger partial charge in [-0.2, -0.15) is 0 Å². The molecule has 5 heteroatoms. The minimum absolute atomic E-state index is 0.159. The van der Waals surface area contributed by atoms with E-state index < -0.39 is 11.9 Å². The first kappa shape index (κ1) is 10.4. The number of benzene rings is 1. The predicted octanol–water partition coefficient (Wildman–Crippen LogP) is 0.684. The molecule has 2 rings (SSSR count). The molecule has 1 aromatic rings. The van der Waals surface area contributed by atoms with Gasteiger partial charge in [0, 0.05) is 11.1 Å². The van der Waals surface area contributed by atoms with Gasteiger partial charge in [0.05, 0.1) is 19.3 Å². The van der Waals surface area contributed by atoms with Gasteiger partial charge >= 0.3 is 0 Å². The molecule has 0 saturated carbocycles. The molecule has 0 spiro atoms. The molecule has 15 heavy (non-hydrogen) atoms. The summed E-state index contributed by atoms with van der Waals surface area (Å²) in [4.78, 5) is 0. The molecule has 0 fully saturated rings. The fraction of sp³-hybridized carbons (Fsp3) is 0.400. The second-order valence-corrected chi connectivity index (χ2v) is 3.34. The van der Waals surface area contributed by atoms with Crippen molar-refractivity contribution in [2.75, 3.05) is 13.4 Å². The number of hydrogen-bond donors (Lipinski definition) is 2. The highest BCUT2D eigenvalue weighted by atomic mass is 19.1. The molecule has 82 valence electrons. The van der Waals surface area contributed by atoms with Gasteiger partial charge in [0.25, 0.3) is 0 Å². The van der Waals surface area contributed by atoms with Gasteiger partial charge in [-0.15, -0.1) is 0 Å². The molecular formula is C10H12FNO3. The van der Waals surface area contributed by atoms with Crippen LogP contribution in [0.2, 0.25) is 0 Å². The summed E-state index contributed by atoms with van der Waals surface area (Å²) in [6, 6.07) is 2.08. The molecule has 1 aliphatic rings. The molecule has 0 radical (unpaired) electrons. The van der Waals surface area contributed by atoms with Crippen LogP contribution in [0, 0.1) is 5.82 Å². The van der Waals surface area contributed by atoms with Gasteiger partial charge in [0.2, 0.25) is 0 Å². The molecule has 3 N–H and O–H groups in total. The molecule has 4 nitrogen and oxygen atoms in total. The number of fused-ring (bicyclic) bond motifs is 1. The number of hydrogen-bond acceptors (Lipinski definition) is 4. The number of halogens is 1. The standard InChI is InChI=1S/C10H12FNO3/c11-7-1-2-9-6(4-14-5-15-9)10(7)8(12)3-13/h1-2,8,13H,3-5,12H2. The first-order valence-electron chi connectivity index (χ1n) is 4.62. The van der Waals surface area contributed by atoms with Crippen LogP contribution in [0.1, 0.15) is 17.2 Å². The maximum absolute atomic E-state index is 13.5. The van der Waals surface area contributed by atoms with Crippen LogP contribution in [-0.2, 0) is 11.3 Å². The van der Waals surface area contributed by atoms with E-state index in [0.717, 1.165) is 0 Å². The van der Waals surface area contributed by atoms with E-state index in [-0.39, 0.29) is 25.6 Å². The van der Waals surface area contributed by atoms with Crippen molar-refractivity contribution in [3.63, 3.8) is 0 Å². The van der Waals surface area contributed by atoms with Crippen molar-refractivity contribution in [1.82, 2.24) is 0 Å². The summed E-state index contributed by atoms with van der Waals surface area (Å²) in [5, 5.41) is 8.94. The number of aliphatic hydroxyl groups is 1. The third kappa shape index (κ3) is 1.81. The summed E-state index contributed by atoms with van der Waals surface area (Å²) in [5.41, 5.74) is 6.48. The third-order valence-corrected chi connectivity index (χ3v) is 2.37. The fourth-order valence-electron chi connectivity index (χ4n) is 1.64. The molecule has 1 atom stereocenters. The first-order chi connectivity index (χ1) is 7.24. The van der Waals surface area contributed by atoms with E-state index in [1.54, 1.807) is 6.07 Å². The lowest BCUT2D eigenvalue weighted by Crippen LogP contribution is -2.22. The quantitative estimate of drug-likeness (QED) is 0.758. The second kappa shape index (κ2) is 4.14. The van der Waals surface area contributed by atoms with Gasteiger partial charge in [-0.25, -0.2) is 4.39 Å². The summed E-state index contributed by atoms with van der Waals surface area (Å²) in [6.07, 6.45) is 0. The highest BCUT2D eigenvalue weighted by Crippen LogP contribution is 2.31. The Labute approximate surface area is 86.4 Å². The zero-order valence-electron chi connectivity index (χ0n) is 8.07. The first-order valence-corrected chi connectivity index (χ1v) is 4.62. The molecule has 0 bridgehead atoms. The topological polar surface area (TPSA) is 64.7 Å². The summed E-state index contributed by atoms with van der Waals surface area (Å²) >= 11 is 0. The Hall–Kier alpha value is -1.17. The van der Waals surface area contributed by atoms with Crippen molar-refractivity contribution in [3.05, 3.63) is 29.1 Å². The monoisotopic (exact) mass is 213 g/mol. The van der Waals surface area contributed by atoms with Crippen LogP contribution in [0.15, 0.2) is 12.1 Å². The Morgan fingerprint density at radius 3 is 3.07 bits per heavy atom. The molecule has 1 aliphatic heterocycles. The Balaban J connectivity index is 2.50. The van der Waals surface area contributed by atoms with Gasteiger partial charge in [-0.1, -0.05) is 0 Å². The van der Waals surface area contributed by atoms with E-state index in [9.17, 15) is 4.39 Å². The summed E-state index contributed by atoms with van der Waals surface area (Å²) < 4.78 is 23.8. The lowest BCUT2D eigenvalue weighted by molar-refractivity contribution is -0.0174. The normalized spacial score (nSPS) is 16.7. The largest absolute Gasteiger partial charge is 0.467 e. The molecule has 1 heterocycles. The maximum atomic E-state index is 13.5. The van der Waals surface area contributed by atoms with Gasteiger partial charge < -0.3 is 20.3 Å². The van der Waals surface area contributed by atoms with Crippen LogP contribution in [-0.4, -0.2) is 18.5 Å². The second-order valence-electron chi connectivity index (χ2n) is 3.34. The van der Waals surface area contributed by atoms with E-state index in [0.29, 0.717) is 11.3 Å². The highest BCUT2D eigenvalue weighted by Gasteiger charge is 2.22. The van der Waals surface area contributed by atoms with Crippen LogP contribution in [0.5, 0.6) is 5.75 Å². The molecule has 0 aromatic heterocycles. The fourth-order valence-corrected chi connectivity index (χ4v) is 1.64. The summed E-state index contributed by atoms with van der Waals surface area (Å²) in [7, 11) is 0. The smallest absolute Gasteiger partial charge is 0.189 e. The van der Waals surface area contributed by atoms with Gasteiger partial charge in [0.15, 0.2) is 6.79 Å². The van der Waals surface area contributed by atoms with E-state index >= 15 is 0 Å². The zero-order chi connectivity index (χ0) is 10.8. The van der Waals surface area contributed by atoms with Crippen molar-refractivity contribution in [3.8, 4) is 5.75 Å². The van der Waals surface area contributed by atoms with Crippen molar-refractivity contribution in [2.24, 2.45) is 5.73 Å². The van der Waals surface area contributed by atoms with Crippen LogP contribution >= 0.6 is 0 Å². The average molecular weight is 213 g/mol. The molecule has 1 unspecified atom stereocenters. The summed E-state index contributed by atoms with van der Waals surface area (Å²) in [6.45, 7) is 0.107. The van der Waals surface area contributed by atoms with Crippen molar-refractivity contribution >= 4 is 0 Å². The van der Waals surface area contributed by atoms with Crippen LogP contribution in [0.4, 0.5) is 4.39 Å².